The molecule has 1 aliphatic rings. The van der Waals surface area contributed by atoms with Gasteiger partial charge in [-0.2, -0.15) is 4.79 Å². The Bertz CT molecular complexity index is 670. The third-order valence-electron chi connectivity index (χ3n) is 3.36. The smallest absolute Gasteiger partial charge is 0.330 e. The van der Waals surface area contributed by atoms with Gasteiger partial charge in [0, 0.05) is 5.02 Å². The first kappa shape index (κ1) is 11.2. The fourth-order valence-corrected chi connectivity index (χ4v) is 2.65. The summed E-state index contributed by atoms with van der Waals surface area (Å²) in [5.41, 5.74) is 14.2. The molecule has 2 aromatic rings. The molecule has 2 aromatic carbocycles. The summed E-state index contributed by atoms with van der Waals surface area (Å²) in [6.45, 7) is 0. The highest BCUT2D eigenvalue weighted by Gasteiger charge is 2.25. The molecule has 0 amide bonds. The van der Waals surface area contributed by atoms with E-state index in [-0.39, 0.29) is 0 Å². The molecule has 2 nitrogen and oxygen atoms in total. The van der Waals surface area contributed by atoms with E-state index in [4.69, 9.17) is 11.6 Å². The van der Waals surface area contributed by atoms with Gasteiger partial charge in [0.15, 0.2) is 0 Å². The lowest BCUT2D eigenvalue weighted by atomic mass is 9.98. The fraction of sp³-hybridized carbons (Fsp3) is 0.133. The highest BCUT2D eigenvalue weighted by Crippen LogP contribution is 2.26. The van der Waals surface area contributed by atoms with E-state index in [0.717, 1.165) is 24.0 Å². The van der Waals surface area contributed by atoms with Crippen LogP contribution < -0.4 is 0 Å². The summed E-state index contributed by atoms with van der Waals surface area (Å²) in [5.74, 6) is 0. The van der Waals surface area contributed by atoms with Crippen molar-refractivity contribution in [2.75, 3.05) is 0 Å². The van der Waals surface area contributed by atoms with Gasteiger partial charge in [0.25, 0.3) is 0 Å². The summed E-state index contributed by atoms with van der Waals surface area (Å²) >= 11 is 6.04. The summed E-state index contributed by atoms with van der Waals surface area (Å²) in [4.78, 5) is 3.49. The third kappa shape index (κ3) is 1.76. The monoisotopic (exact) mass is 254 g/mol. The molecule has 0 aliphatic heterocycles. The van der Waals surface area contributed by atoms with Crippen molar-refractivity contribution in [2.45, 2.75) is 12.8 Å². The third-order valence-corrected chi connectivity index (χ3v) is 3.60. The van der Waals surface area contributed by atoms with Gasteiger partial charge in [-0.1, -0.05) is 35.9 Å². The SMILES string of the molecule is [N-]=[N+]=C1c2ccccc2CCc2ccc(Cl)cc21. The van der Waals surface area contributed by atoms with Crippen molar-refractivity contribution in [3.63, 3.8) is 0 Å². The van der Waals surface area contributed by atoms with Gasteiger partial charge in [-0.15, -0.1) is 0 Å². The van der Waals surface area contributed by atoms with Gasteiger partial charge >= 0.3 is 5.71 Å². The molecule has 0 bridgehead atoms. The molecule has 0 N–H and O–H groups in total. The summed E-state index contributed by atoms with van der Waals surface area (Å²) in [5, 5.41) is 0.661. The Kier molecular flexibility index (Phi) is 2.75. The van der Waals surface area contributed by atoms with E-state index in [9.17, 15) is 5.53 Å². The predicted molar refractivity (Wildman–Crippen MR) is 72.1 cm³/mol. The van der Waals surface area contributed by atoms with Crippen LogP contribution in [0.5, 0.6) is 0 Å². The number of aryl methyl sites for hydroxylation is 2. The molecule has 3 rings (SSSR count). The molecule has 0 fully saturated rings. The summed E-state index contributed by atoms with van der Waals surface area (Å²) < 4.78 is 0. The Morgan fingerprint density at radius 2 is 1.67 bits per heavy atom. The van der Waals surface area contributed by atoms with Crippen LogP contribution in [0.15, 0.2) is 42.5 Å². The molecule has 0 radical (unpaired) electrons. The lowest BCUT2D eigenvalue weighted by Crippen LogP contribution is -2.07. The Labute approximate surface area is 110 Å². The molecule has 18 heavy (non-hydrogen) atoms. The van der Waals surface area contributed by atoms with Crippen molar-refractivity contribution in [2.24, 2.45) is 0 Å². The Hall–Kier alpha value is -1.89. The fourth-order valence-electron chi connectivity index (χ4n) is 2.48. The van der Waals surface area contributed by atoms with Crippen LogP contribution in [0.1, 0.15) is 22.3 Å². The average Bonchev–Trinajstić information content (AvgIpc) is 2.54. The zero-order chi connectivity index (χ0) is 12.5. The molecule has 3 heteroatoms. The van der Waals surface area contributed by atoms with Gasteiger partial charge in [0.1, 0.15) is 0 Å². The van der Waals surface area contributed by atoms with Crippen molar-refractivity contribution in [1.82, 2.24) is 0 Å². The molecule has 0 unspecified atom stereocenters. The molecule has 0 saturated heterocycles. The quantitative estimate of drug-likeness (QED) is 0.510. The molecular weight excluding hydrogens is 244 g/mol. The number of hydrogen-bond donors (Lipinski definition) is 0. The van der Waals surface area contributed by atoms with Crippen molar-refractivity contribution in [3.05, 3.63) is 75.3 Å². The molecule has 0 aromatic heterocycles. The Morgan fingerprint density at radius 1 is 0.944 bits per heavy atom. The highest BCUT2D eigenvalue weighted by atomic mass is 35.5. The van der Waals surface area contributed by atoms with Gasteiger partial charge < -0.3 is 5.53 Å². The summed E-state index contributed by atoms with van der Waals surface area (Å²) in [6.07, 6.45) is 1.88. The van der Waals surface area contributed by atoms with Crippen LogP contribution in [0.4, 0.5) is 0 Å². The molecule has 0 spiro atoms. The van der Waals surface area contributed by atoms with Crippen LogP contribution in [-0.4, -0.2) is 10.5 Å². The zero-order valence-electron chi connectivity index (χ0n) is 9.73. The van der Waals surface area contributed by atoms with E-state index in [0.29, 0.717) is 10.7 Å². The molecule has 0 saturated carbocycles. The van der Waals surface area contributed by atoms with Crippen LogP contribution in [0, 0.1) is 0 Å². The molecule has 0 heterocycles. The Morgan fingerprint density at radius 3 is 2.44 bits per heavy atom. The van der Waals surface area contributed by atoms with Crippen LogP contribution in [0.2, 0.25) is 5.02 Å². The first-order valence-corrected chi connectivity index (χ1v) is 6.26. The van der Waals surface area contributed by atoms with Gasteiger partial charge in [-0.3, -0.25) is 0 Å². The van der Waals surface area contributed by atoms with Crippen molar-refractivity contribution in [3.8, 4) is 0 Å². The zero-order valence-corrected chi connectivity index (χ0v) is 10.5. The summed E-state index contributed by atoms with van der Waals surface area (Å²) in [6, 6.07) is 13.8. The number of benzene rings is 2. The number of hydrogen-bond acceptors (Lipinski definition) is 0. The number of fused-ring (bicyclic) bond motifs is 2. The van der Waals surface area contributed by atoms with E-state index in [1.54, 1.807) is 0 Å². The van der Waals surface area contributed by atoms with Gasteiger partial charge in [-0.05, 0) is 42.2 Å². The largest absolute Gasteiger partial charge is 0.361 e. The number of halogens is 1. The topological polar surface area (TPSA) is 36.4 Å². The van der Waals surface area contributed by atoms with Crippen LogP contribution in [0.25, 0.3) is 5.53 Å². The second-order valence-electron chi connectivity index (χ2n) is 4.41. The van der Waals surface area contributed by atoms with E-state index in [1.165, 1.54) is 11.1 Å². The van der Waals surface area contributed by atoms with E-state index >= 15 is 0 Å². The maximum atomic E-state index is 9.35. The van der Waals surface area contributed by atoms with Crippen LogP contribution in [-0.2, 0) is 12.8 Å². The number of nitrogens with zero attached hydrogens (tertiary/aromatic N) is 2. The van der Waals surface area contributed by atoms with Gasteiger partial charge in [-0.25, -0.2) is 0 Å². The van der Waals surface area contributed by atoms with E-state index in [2.05, 4.69) is 10.9 Å². The molecular formula is C15H11ClN2. The van der Waals surface area contributed by atoms with Gasteiger partial charge in [0.05, 0.1) is 11.1 Å². The number of rotatable bonds is 0. The van der Waals surface area contributed by atoms with Gasteiger partial charge in [0.2, 0.25) is 0 Å². The average molecular weight is 255 g/mol. The van der Waals surface area contributed by atoms with Crippen molar-refractivity contribution >= 4 is 17.3 Å². The molecule has 0 atom stereocenters. The Balaban J connectivity index is 2.30. The minimum Gasteiger partial charge on any atom is -0.361 e. The second kappa shape index (κ2) is 4.41. The van der Waals surface area contributed by atoms with Crippen LogP contribution >= 0.6 is 11.6 Å². The van der Waals surface area contributed by atoms with Crippen LogP contribution in [0.3, 0.4) is 0 Å². The van der Waals surface area contributed by atoms with E-state index < -0.39 is 0 Å². The highest BCUT2D eigenvalue weighted by molar-refractivity contribution is 6.31. The van der Waals surface area contributed by atoms with E-state index in [1.807, 2.05) is 36.4 Å². The second-order valence-corrected chi connectivity index (χ2v) is 4.84. The van der Waals surface area contributed by atoms with Crippen molar-refractivity contribution in [1.29, 1.82) is 0 Å². The minimum absolute atomic E-state index is 0.612. The normalized spacial score (nSPS) is 13.3. The lowest BCUT2D eigenvalue weighted by Gasteiger charge is -2.02. The minimum atomic E-state index is 0.612. The first-order chi connectivity index (χ1) is 8.79. The molecule has 88 valence electrons. The first-order valence-electron chi connectivity index (χ1n) is 5.89. The maximum Gasteiger partial charge on any atom is 0.330 e. The summed E-state index contributed by atoms with van der Waals surface area (Å²) in [7, 11) is 0. The maximum absolute atomic E-state index is 9.35. The van der Waals surface area contributed by atoms with Crippen molar-refractivity contribution < 1.29 is 4.79 Å². The standard InChI is InChI=1S/C15H11ClN2/c16-12-8-7-11-6-5-10-3-1-2-4-13(10)15(18-17)14(11)9-12/h1-4,7-9H,5-6H2. The molecule has 1 aliphatic carbocycles. The lowest BCUT2D eigenvalue weighted by molar-refractivity contribution is -0.00282. The predicted octanol–water partition coefficient (Wildman–Crippen LogP) is 3.51.